The fourth-order valence-corrected chi connectivity index (χ4v) is 3.92. The van der Waals surface area contributed by atoms with Crippen LogP contribution in [0.2, 0.25) is 0 Å². The molecule has 0 aliphatic rings. The molecule has 0 atom stereocenters. The van der Waals surface area contributed by atoms with E-state index in [4.69, 9.17) is 9.15 Å². The molecule has 1 heterocycles. The highest BCUT2D eigenvalue weighted by Gasteiger charge is 2.15. The standard InChI is InChI=1S/C19H17BrN2O5S/c1-26-18-9-4-13(11-17(18)20)19(23)22-14-5-7-16(8-6-14)28(24,25)21-12-15-3-2-10-27-15/h2-11,21H,12H2,1H3,(H,22,23). The van der Waals surface area contributed by atoms with E-state index >= 15 is 0 Å². The number of carbonyl (C=O) groups excluding carboxylic acids is 1. The molecule has 0 fully saturated rings. The Bertz CT molecular complexity index is 1060. The number of furan rings is 1. The van der Waals surface area contributed by atoms with Gasteiger partial charge in [0.15, 0.2) is 0 Å². The Labute approximate surface area is 170 Å². The number of sulfonamides is 1. The minimum atomic E-state index is -3.69. The Hall–Kier alpha value is -2.62. The average Bonchev–Trinajstić information content (AvgIpc) is 3.20. The van der Waals surface area contributed by atoms with Crippen LogP contribution >= 0.6 is 15.9 Å². The molecule has 0 aliphatic carbocycles. The largest absolute Gasteiger partial charge is 0.496 e. The quantitative estimate of drug-likeness (QED) is 0.554. The number of hydrogen-bond donors (Lipinski definition) is 2. The van der Waals surface area contributed by atoms with E-state index in [1.807, 2.05) is 0 Å². The Kier molecular flexibility index (Phi) is 6.18. The summed E-state index contributed by atoms with van der Waals surface area (Å²) in [6, 6.07) is 14.2. The number of nitrogens with one attached hydrogen (secondary N) is 2. The lowest BCUT2D eigenvalue weighted by molar-refractivity contribution is 0.102. The third-order valence-corrected chi connectivity index (χ3v) is 5.89. The number of rotatable bonds is 7. The maximum atomic E-state index is 12.4. The highest BCUT2D eigenvalue weighted by atomic mass is 79.9. The number of hydrogen-bond acceptors (Lipinski definition) is 5. The molecule has 0 spiro atoms. The first kappa shape index (κ1) is 20.1. The van der Waals surface area contributed by atoms with Crippen LogP contribution in [0.5, 0.6) is 5.75 Å². The number of benzene rings is 2. The summed E-state index contributed by atoms with van der Waals surface area (Å²) < 4.78 is 38.0. The van der Waals surface area contributed by atoms with Gasteiger partial charge in [-0.2, -0.15) is 0 Å². The average molecular weight is 465 g/mol. The van der Waals surface area contributed by atoms with E-state index in [1.165, 1.54) is 30.5 Å². The number of amides is 1. The van der Waals surface area contributed by atoms with Gasteiger partial charge in [-0.05, 0) is 70.5 Å². The van der Waals surface area contributed by atoms with Crippen molar-refractivity contribution in [2.24, 2.45) is 0 Å². The SMILES string of the molecule is COc1ccc(C(=O)Nc2ccc(S(=O)(=O)NCc3ccco3)cc2)cc1Br. The molecule has 28 heavy (non-hydrogen) atoms. The molecule has 7 nitrogen and oxygen atoms in total. The summed E-state index contributed by atoms with van der Waals surface area (Å²) in [5.41, 5.74) is 0.909. The van der Waals surface area contributed by atoms with Crippen molar-refractivity contribution >= 4 is 37.5 Å². The van der Waals surface area contributed by atoms with Crippen molar-refractivity contribution in [1.29, 1.82) is 0 Å². The van der Waals surface area contributed by atoms with Gasteiger partial charge in [-0.25, -0.2) is 13.1 Å². The third kappa shape index (κ3) is 4.80. The van der Waals surface area contributed by atoms with Gasteiger partial charge in [0.05, 0.1) is 29.3 Å². The van der Waals surface area contributed by atoms with Gasteiger partial charge >= 0.3 is 0 Å². The third-order valence-electron chi connectivity index (χ3n) is 3.85. The zero-order valence-corrected chi connectivity index (χ0v) is 17.2. The van der Waals surface area contributed by atoms with Gasteiger partial charge in [-0.1, -0.05) is 0 Å². The van der Waals surface area contributed by atoms with Gasteiger partial charge in [0.2, 0.25) is 10.0 Å². The van der Waals surface area contributed by atoms with Crippen LogP contribution in [-0.2, 0) is 16.6 Å². The Morgan fingerprint density at radius 2 is 1.89 bits per heavy atom. The molecular formula is C19H17BrN2O5S. The van der Waals surface area contributed by atoms with Crippen LogP contribution < -0.4 is 14.8 Å². The van der Waals surface area contributed by atoms with E-state index in [1.54, 1.807) is 37.4 Å². The maximum absolute atomic E-state index is 12.4. The van der Waals surface area contributed by atoms with Crippen molar-refractivity contribution in [3.05, 3.63) is 76.7 Å². The Morgan fingerprint density at radius 1 is 1.14 bits per heavy atom. The molecule has 0 radical (unpaired) electrons. The van der Waals surface area contributed by atoms with Crippen LogP contribution in [-0.4, -0.2) is 21.4 Å². The van der Waals surface area contributed by atoms with Crippen LogP contribution in [0.15, 0.2) is 74.6 Å². The summed E-state index contributed by atoms with van der Waals surface area (Å²) >= 11 is 3.34. The molecule has 0 saturated carbocycles. The highest BCUT2D eigenvalue weighted by Crippen LogP contribution is 2.26. The zero-order chi connectivity index (χ0) is 20.1. The molecule has 0 saturated heterocycles. The van der Waals surface area contributed by atoms with Gasteiger partial charge in [-0.15, -0.1) is 0 Å². The van der Waals surface area contributed by atoms with Crippen molar-refractivity contribution in [3.8, 4) is 5.75 Å². The molecule has 2 aromatic carbocycles. The predicted octanol–water partition coefficient (Wildman–Crippen LogP) is 3.78. The molecule has 146 valence electrons. The summed E-state index contributed by atoms with van der Waals surface area (Å²) in [5.74, 6) is 0.807. The number of anilines is 1. The molecule has 2 N–H and O–H groups in total. The fourth-order valence-electron chi connectivity index (χ4n) is 2.39. The number of methoxy groups -OCH3 is 1. The van der Waals surface area contributed by atoms with Gasteiger partial charge in [0, 0.05) is 11.3 Å². The maximum Gasteiger partial charge on any atom is 0.255 e. The van der Waals surface area contributed by atoms with Crippen molar-refractivity contribution in [3.63, 3.8) is 0 Å². The second kappa shape index (κ2) is 8.59. The first-order valence-corrected chi connectivity index (χ1v) is 10.4. The van der Waals surface area contributed by atoms with E-state index in [2.05, 4.69) is 26.0 Å². The smallest absolute Gasteiger partial charge is 0.255 e. The zero-order valence-electron chi connectivity index (χ0n) is 14.8. The molecule has 9 heteroatoms. The van der Waals surface area contributed by atoms with Gasteiger partial charge in [-0.3, -0.25) is 4.79 Å². The first-order chi connectivity index (χ1) is 13.4. The lowest BCUT2D eigenvalue weighted by Gasteiger charge is -2.09. The second-order valence-corrected chi connectivity index (χ2v) is 8.35. The van der Waals surface area contributed by atoms with E-state index in [-0.39, 0.29) is 17.3 Å². The number of ether oxygens (including phenoxy) is 1. The summed E-state index contributed by atoms with van der Waals surface area (Å²) in [5, 5.41) is 2.73. The van der Waals surface area contributed by atoms with E-state index in [0.717, 1.165) is 0 Å². The van der Waals surface area contributed by atoms with Crippen molar-refractivity contribution in [2.45, 2.75) is 11.4 Å². The monoisotopic (exact) mass is 464 g/mol. The first-order valence-electron chi connectivity index (χ1n) is 8.16. The van der Waals surface area contributed by atoms with Crippen LogP contribution in [0.25, 0.3) is 0 Å². The molecule has 3 aromatic rings. The number of halogens is 1. The van der Waals surface area contributed by atoms with Gasteiger partial charge in [0.25, 0.3) is 5.91 Å². The fraction of sp³-hybridized carbons (Fsp3) is 0.105. The molecule has 1 aromatic heterocycles. The Balaban J connectivity index is 1.66. The number of carbonyl (C=O) groups is 1. The molecule has 0 bridgehead atoms. The molecule has 0 aliphatic heterocycles. The van der Waals surface area contributed by atoms with E-state index < -0.39 is 10.0 Å². The van der Waals surface area contributed by atoms with Gasteiger partial charge < -0.3 is 14.5 Å². The lowest BCUT2D eigenvalue weighted by atomic mass is 10.2. The van der Waals surface area contributed by atoms with E-state index in [0.29, 0.717) is 27.2 Å². The van der Waals surface area contributed by atoms with Crippen molar-refractivity contribution < 1.29 is 22.4 Å². The van der Waals surface area contributed by atoms with Crippen LogP contribution in [0.4, 0.5) is 5.69 Å². The summed E-state index contributed by atoms with van der Waals surface area (Å²) in [6.07, 6.45) is 1.47. The van der Waals surface area contributed by atoms with E-state index in [9.17, 15) is 13.2 Å². The molecule has 3 rings (SSSR count). The van der Waals surface area contributed by atoms with Gasteiger partial charge in [0.1, 0.15) is 11.5 Å². The normalized spacial score (nSPS) is 11.2. The summed E-state index contributed by atoms with van der Waals surface area (Å²) in [4.78, 5) is 12.5. The predicted molar refractivity (Wildman–Crippen MR) is 108 cm³/mol. The molecular weight excluding hydrogens is 448 g/mol. The van der Waals surface area contributed by atoms with Crippen LogP contribution in [0.1, 0.15) is 16.1 Å². The highest BCUT2D eigenvalue weighted by molar-refractivity contribution is 9.10. The van der Waals surface area contributed by atoms with Crippen LogP contribution in [0.3, 0.4) is 0 Å². The summed E-state index contributed by atoms with van der Waals surface area (Å²) in [7, 11) is -2.15. The molecule has 0 unspecified atom stereocenters. The molecule has 1 amide bonds. The second-order valence-electron chi connectivity index (χ2n) is 5.73. The topological polar surface area (TPSA) is 97.6 Å². The van der Waals surface area contributed by atoms with Crippen LogP contribution in [0, 0.1) is 0 Å². The minimum Gasteiger partial charge on any atom is -0.496 e. The van der Waals surface area contributed by atoms with Crippen molar-refractivity contribution in [2.75, 3.05) is 12.4 Å². The minimum absolute atomic E-state index is 0.0557. The lowest BCUT2D eigenvalue weighted by Crippen LogP contribution is -2.23. The summed E-state index contributed by atoms with van der Waals surface area (Å²) in [6.45, 7) is 0.0557. The van der Waals surface area contributed by atoms with Crippen molar-refractivity contribution in [1.82, 2.24) is 4.72 Å². The Morgan fingerprint density at radius 3 is 2.50 bits per heavy atom.